The molecule has 0 spiro atoms. The van der Waals surface area contributed by atoms with Crippen LogP contribution in [0, 0.1) is 0 Å². The molecule has 5 nitrogen and oxygen atoms in total. The summed E-state index contributed by atoms with van der Waals surface area (Å²) < 4.78 is 0. The molecule has 0 radical (unpaired) electrons. The molecule has 86 valence electrons. The summed E-state index contributed by atoms with van der Waals surface area (Å²) in [5, 5.41) is 6.80. The van der Waals surface area contributed by atoms with Crippen LogP contribution in [0.3, 0.4) is 0 Å². The Bertz CT molecular complexity index is 425. The lowest BCUT2D eigenvalue weighted by atomic mass is 10.2. The maximum absolute atomic E-state index is 12.0. The summed E-state index contributed by atoms with van der Waals surface area (Å²) >= 11 is 3.40. The molecular weight excluding hydrogens is 274 g/mol. The third kappa shape index (κ3) is 2.16. The number of alkyl halides is 1. The van der Waals surface area contributed by atoms with Crippen molar-refractivity contribution >= 4 is 21.8 Å². The van der Waals surface area contributed by atoms with Crippen LogP contribution in [-0.4, -0.2) is 38.9 Å². The number of hydrogen-bond acceptors (Lipinski definition) is 3. The van der Waals surface area contributed by atoms with Gasteiger partial charge in [0.1, 0.15) is 5.69 Å². The van der Waals surface area contributed by atoms with Crippen molar-refractivity contribution in [2.45, 2.75) is 18.9 Å². The first-order valence-electron chi connectivity index (χ1n) is 5.15. The number of rotatable bonds is 2. The first-order chi connectivity index (χ1) is 7.72. The average molecular weight is 286 g/mol. The number of carbonyl (C=O) groups excluding carboxylic acids is 1. The molecule has 0 aromatic carbocycles. The molecule has 1 aromatic rings. The molecule has 1 N–H and O–H groups in total. The molecule has 1 aromatic heterocycles. The van der Waals surface area contributed by atoms with E-state index in [1.807, 2.05) is 0 Å². The van der Waals surface area contributed by atoms with Gasteiger partial charge in [0.2, 0.25) is 0 Å². The number of aromatic nitrogens is 2. The maximum Gasteiger partial charge on any atom is 0.274 e. The van der Waals surface area contributed by atoms with Gasteiger partial charge in [0.25, 0.3) is 11.5 Å². The second-order valence-electron chi connectivity index (χ2n) is 3.76. The largest absolute Gasteiger partial charge is 0.333 e. The molecule has 1 amide bonds. The quantitative estimate of drug-likeness (QED) is 0.817. The van der Waals surface area contributed by atoms with Crippen molar-refractivity contribution in [3.05, 3.63) is 28.2 Å². The standard InChI is InChI=1S/C10H12BrN3O2/c11-6-7-2-1-5-14(7)10(16)8-3-4-9(15)13-12-8/h3-4,7H,1-2,5-6H2,(H,13,15). The highest BCUT2D eigenvalue weighted by Gasteiger charge is 2.29. The Kier molecular flexibility index (Phi) is 3.38. The van der Waals surface area contributed by atoms with Gasteiger partial charge in [-0.1, -0.05) is 15.9 Å². The van der Waals surface area contributed by atoms with Gasteiger partial charge in [-0.3, -0.25) is 9.59 Å². The molecule has 1 saturated heterocycles. The molecule has 0 bridgehead atoms. The second-order valence-corrected chi connectivity index (χ2v) is 4.40. The number of halogens is 1. The predicted octanol–water partition coefficient (Wildman–Crippen LogP) is 0.769. The van der Waals surface area contributed by atoms with Crippen molar-refractivity contribution in [3.8, 4) is 0 Å². The molecule has 1 fully saturated rings. The highest BCUT2D eigenvalue weighted by atomic mass is 79.9. The van der Waals surface area contributed by atoms with Crippen molar-refractivity contribution in [1.82, 2.24) is 15.1 Å². The molecule has 2 heterocycles. The second kappa shape index (κ2) is 4.78. The van der Waals surface area contributed by atoms with Gasteiger partial charge in [-0.15, -0.1) is 0 Å². The lowest BCUT2D eigenvalue weighted by molar-refractivity contribution is 0.0743. The average Bonchev–Trinajstić information content (AvgIpc) is 2.77. The summed E-state index contributed by atoms with van der Waals surface area (Å²) in [6.45, 7) is 0.760. The van der Waals surface area contributed by atoms with Crippen LogP contribution >= 0.6 is 15.9 Å². The lowest BCUT2D eigenvalue weighted by Gasteiger charge is -2.22. The fourth-order valence-electron chi connectivity index (χ4n) is 1.87. The van der Waals surface area contributed by atoms with Crippen LogP contribution in [0.2, 0.25) is 0 Å². The van der Waals surface area contributed by atoms with E-state index in [9.17, 15) is 9.59 Å². The molecular formula is C10H12BrN3O2. The Balaban J connectivity index is 2.18. The summed E-state index contributed by atoms with van der Waals surface area (Å²) in [7, 11) is 0. The Morgan fingerprint density at radius 2 is 2.44 bits per heavy atom. The Morgan fingerprint density at radius 3 is 3.06 bits per heavy atom. The molecule has 1 unspecified atom stereocenters. The summed E-state index contributed by atoms with van der Waals surface area (Å²) in [5.74, 6) is -0.113. The van der Waals surface area contributed by atoms with E-state index in [0.717, 1.165) is 24.7 Å². The van der Waals surface area contributed by atoms with Gasteiger partial charge in [0, 0.05) is 24.0 Å². The Hall–Kier alpha value is -1.17. The van der Waals surface area contributed by atoms with Gasteiger partial charge < -0.3 is 4.90 Å². The summed E-state index contributed by atoms with van der Waals surface area (Å²) in [6, 6.07) is 3.02. The van der Waals surface area contributed by atoms with E-state index >= 15 is 0 Å². The van der Waals surface area contributed by atoms with Crippen LogP contribution < -0.4 is 5.56 Å². The molecule has 6 heteroatoms. The van der Waals surface area contributed by atoms with E-state index in [1.165, 1.54) is 12.1 Å². The van der Waals surface area contributed by atoms with E-state index in [1.54, 1.807) is 4.90 Å². The summed E-state index contributed by atoms with van der Waals surface area (Å²) in [5.41, 5.74) is 0.00228. The predicted molar refractivity (Wildman–Crippen MR) is 62.7 cm³/mol. The van der Waals surface area contributed by atoms with Crippen molar-refractivity contribution in [3.63, 3.8) is 0 Å². The summed E-state index contributed by atoms with van der Waals surface area (Å²) in [6.07, 6.45) is 2.03. The Labute approximate surface area is 101 Å². The number of hydrogen-bond donors (Lipinski definition) is 1. The zero-order chi connectivity index (χ0) is 11.5. The number of likely N-dealkylation sites (tertiary alicyclic amines) is 1. The van der Waals surface area contributed by atoms with Gasteiger partial charge in [-0.05, 0) is 18.9 Å². The molecule has 1 atom stereocenters. The number of amides is 1. The SMILES string of the molecule is O=C(c1ccc(=O)[nH]n1)N1CCCC1CBr. The van der Waals surface area contributed by atoms with Crippen molar-refractivity contribution < 1.29 is 4.79 Å². The highest BCUT2D eigenvalue weighted by molar-refractivity contribution is 9.09. The van der Waals surface area contributed by atoms with Crippen LogP contribution in [-0.2, 0) is 0 Å². The van der Waals surface area contributed by atoms with Crippen LogP contribution in [0.1, 0.15) is 23.3 Å². The van der Waals surface area contributed by atoms with Gasteiger partial charge in [0.15, 0.2) is 0 Å². The minimum absolute atomic E-state index is 0.113. The molecule has 1 aliphatic rings. The van der Waals surface area contributed by atoms with Crippen LogP contribution in [0.4, 0.5) is 0 Å². The van der Waals surface area contributed by atoms with Gasteiger partial charge in [0.05, 0.1) is 0 Å². The number of H-pyrrole nitrogens is 1. The first-order valence-corrected chi connectivity index (χ1v) is 6.27. The number of carbonyl (C=O) groups is 1. The summed E-state index contributed by atoms with van der Waals surface area (Å²) in [4.78, 5) is 24.7. The zero-order valence-electron chi connectivity index (χ0n) is 8.65. The van der Waals surface area contributed by atoms with E-state index in [-0.39, 0.29) is 17.5 Å². The first kappa shape index (κ1) is 11.3. The number of aromatic amines is 1. The fraction of sp³-hybridized carbons (Fsp3) is 0.500. The third-order valence-electron chi connectivity index (χ3n) is 2.71. The van der Waals surface area contributed by atoms with Crippen molar-refractivity contribution in [2.75, 3.05) is 11.9 Å². The number of nitrogens with zero attached hydrogens (tertiary/aromatic N) is 2. The smallest absolute Gasteiger partial charge is 0.274 e. The topological polar surface area (TPSA) is 66.1 Å². The minimum Gasteiger partial charge on any atom is -0.333 e. The maximum atomic E-state index is 12.0. The van der Waals surface area contributed by atoms with Gasteiger partial charge in [-0.25, -0.2) is 5.10 Å². The normalized spacial score (nSPS) is 20.1. The highest BCUT2D eigenvalue weighted by Crippen LogP contribution is 2.20. The van der Waals surface area contributed by atoms with Gasteiger partial charge >= 0.3 is 0 Å². The van der Waals surface area contributed by atoms with E-state index in [0.29, 0.717) is 5.69 Å². The van der Waals surface area contributed by atoms with Crippen molar-refractivity contribution in [1.29, 1.82) is 0 Å². The van der Waals surface area contributed by atoms with Crippen molar-refractivity contribution in [2.24, 2.45) is 0 Å². The zero-order valence-corrected chi connectivity index (χ0v) is 10.2. The molecule has 0 saturated carbocycles. The fourth-order valence-corrected chi connectivity index (χ4v) is 2.55. The van der Waals surface area contributed by atoms with Gasteiger partial charge in [-0.2, -0.15) is 5.10 Å². The third-order valence-corrected chi connectivity index (χ3v) is 3.46. The molecule has 2 rings (SSSR count). The Morgan fingerprint density at radius 1 is 1.62 bits per heavy atom. The van der Waals surface area contributed by atoms with E-state index in [4.69, 9.17) is 0 Å². The molecule has 1 aliphatic heterocycles. The molecule has 16 heavy (non-hydrogen) atoms. The number of nitrogens with one attached hydrogen (secondary N) is 1. The molecule has 0 aliphatic carbocycles. The van der Waals surface area contributed by atoms with E-state index in [2.05, 4.69) is 26.1 Å². The van der Waals surface area contributed by atoms with E-state index < -0.39 is 0 Å². The van der Waals surface area contributed by atoms with Crippen LogP contribution in [0.25, 0.3) is 0 Å². The lowest BCUT2D eigenvalue weighted by Crippen LogP contribution is -2.37. The monoisotopic (exact) mass is 285 g/mol. The minimum atomic E-state index is -0.296. The van der Waals surface area contributed by atoms with Crippen LogP contribution in [0.5, 0.6) is 0 Å². The van der Waals surface area contributed by atoms with Crippen LogP contribution in [0.15, 0.2) is 16.9 Å².